The molecule has 0 bridgehead atoms. The third-order valence-electron chi connectivity index (χ3n) is 8.02. The van der Waals surface area contributed by atoms with E-state index < -0.39 is 0 Å². The fourth-order valence-electron chi connectivity index (χ4n) is 4.47. The molecule has 5 rings (SSSR count). The molecule has 0 saturated carbocycles. The molecular formula is C38H47BBr2MgO3. The fraction of sp³-hybridized carbons (Fsp3) is 0.342. The summed E-state index contributed by atoms with van der Waals surface area (Å²) in [4.78, 5) is 10.4. The molecule has 1 atom stereocenters. The molecule has 1 aliphatic rings. The van der Waals surface area contributed by atoms with Gasteiger partial charge in [0.25, 0.3) is 0 Å². The molecule has 0 aliphatic carbocycles. The normalized spacial score (nSPS) is 12.0. The van der Waals surface area contributed by atoms with Crippen molar-refractivity contribution in [1.29, 1.82) is 0 Å². The minimum Gasteiger partial charge on any atom is -1.00 e. The zero-order valence-electron chi connectivity index (χ0n) is 28.5. The molecule has 3 nitrogen and oxygen atoms in total. The molecule has 0 amide bonds. The van der Waals surface area contributed by atoms with Crippen molar-refractivity contribution in [2.24, 2.45) is 0 Å². The largest absolute Gasteiger partial charge is 2.00 e. The summed E-state index contributed by atoms with van der Waals surface area (Å²) >= 11 is 3.45. The van der Waals surface area contributed by atoms with Gasteiger partial charge >= 0.3 is 30.2 Å². The molecule has 1 unspecified atom stereocenters. The molecular weight excluding hydrogens is 699 g/mol. The molecule has 0 aromatic heterocycles. The first-order valence-electron chi connectivity index (χ1n) is 14.9. The molecule has 236 valence electrons. The molecule has 1 aliphatic heterocycles. The molecule has 1 heterocycles. The van der Waals surface area contributed by atoms with Gasteiger partial charge in [0.05, 0.1) is 13.2 Å². The molecule has 1 saturated heterocycles. The first-order chi connectivity index (χ1) is 20.5. The third-order valence-corrected chi connectivity index (χ3v) is 8.88. The van der Waals surface area contributed by atoms with Crippen LogP contribution in [0.3, 0.4) is 0 Å². The summed E-state index contributed by atoms with van der Waals surface area (Å²) in [6, 6.07) is 27.8. The van der Waals surface area contributed by atoms with Crippen molar-refractivity contribution in [3.8, 4) is 0 Å². The predicted octanol–water partition coefficient (Wildman–Crippen LogP) is 5.83. The predicted molar refractivity (Wildman–Crippen MR) is 192 cm³/mol. The van der Waals surface area contributed by atoms with Crippen molar-refractivity contribution >= 4 is 57.9 Å². The Hall–Kier alpha value is -1.74. The van der Waals surface area contributed by atoms with Crippen LogP contribution >= 0.6 is 15.9 Å². The SMILES string of the molecule is Cc1[c-]cccc1C.Cc1cccc(B2OCCO2)c1C.Cc1cccc(Br)c1C.Cc1cccc(C(C)CC=O)c1C.[Br-].[Mg+2]. The van der Waals surface area contributed by atoms with E-state index in [4.69, 9.17) is 9.31 Å². The van der Waals surface area contributed by atoms with Crippen molar-refractivity contribution in [3.63, 3.8) is 0 Å². The second-order valence-electron chi connectivity index (χ2n) is 11.1. The number of rotatable bonds is 4. The number of halogens is 2. The number of benzene rings is 4. The van der Waals surface area contributed by atoms with E-state index in [0.29, 0.717) is 25.6 Å². The van der Waals surface area contributed by atoms with Gasteiger partial charge in [0.15, 0.2) is 0 Å². The van der Waals surface area contributed by atoms with Crippen LogP contribution < -0.4 is 22.4 Å². The van der Waals surface area contributed by atoms with E-state index in [9.17, 15) is 4.79 Å². The zero-order valence-corrected chi connectivity index (χ0v) is 33.1. The van der Waals surface area contributed by atoms with Gasteiger partial charge in [-0.25, -0.2) is 0 Å². The first kappa shape index (κ1) is 43.3. The van der Waals surface area contributed by atoms with Crippen molar-refractivity contribution in [1.82, 2.24) is 0 Å². The van der Waals surface area contributed by atoms with Crippen molar-refractivity contribution < 1.29 is 31.1 Å². The van der Waals surface area contributed by atoms with Gasteiger partial charge in [0.2, 0.25) is 0 Å². The van der Waals surface area contributed by atoms with Crippen LogP contribution in [0.25, 0.3) is 0 Å². The summed E-state index contributed by atoms with van der Waals surface area (Å²) in [5, 5.41) is 0. The average Bonchev–Trinajstić information content (AvgIpc) is 3.52. The summed E-state index contributed by atoms with van der Waals surface area (Å²) in [5.41, 5.74) is 12.9. The molecule has 1 fully saturated rings. The standard InChI is InChI=1S/C12H16O.C10H13BO2.C8H9Br.C8H9.BrH.Mg/c1-9-5-4-6-12(11(9)3)10(2)7-8-13;1-8-4-3-5-10(9(8)2)11-12-6-7-13-11;1-6-4-3-5-8(9)7(6)2;1-7-5-3-4-6-8(7)2;;/h4-6,8,10H,7H2,1-3H3;3-5H,6-7H2,1-2H3;3-5H,1-2H3;3-5H,1-2H3;1H;/q;;;-1;;+2/p-1. The van der Waals surface area contributed by atoms with E-state index >= 15 is 0 Å². The average molecular weight is 747 g/mol. The smallest absolute Gasteiger partial charge is 1.00 e. The van der Waals surface area contributed by atoms with Crippen LogP contribution in [0.15, 0.2) is 77.3 Å². The van der Waals surface area contributed by atoms with Crippen LogP contribution in [0.5, 0.6) is 0 Å². The number of carbonyl (C=O) groups excluding carboxylic acids is 1. The molecule has 4 aromatic rings. The van der Waals surface area contributed by atoms with Crippen LogP contribution in [-0.4, -0.2) is 49.7 Å². The zero-order chi connectivity index (χ0) is 31.9. The van der Waals surface area contributed by atoms with Gasteiger partial charge in [0, 0.05) is 10.9 Å². The molecule has 4 aromatic carbocycles. The van der Waals surface area contributed by atoms with Crippen molar-refractivity contribution in [3.05, 3.63) is 133 Å². The molecule has 0 N–H and O–H groups in total. The number of hydrogen-bond acceptors (Lipinski definition) is 3. The minimum absolute atomic E-state index is 0. The fourth-order valence-corrected chi connectivity index (χ4v) is 4.93. The summed E-state index contributed by atoms with van der Waals surface area (Å²) in [6.45, 7) is 20.3. The summed E-state index contributed by atoms with van der Waals surface area (Å²) in [5.74, 6) is 0.345. The van der Waals surface area contributed by atoms with E-state index in [1.807, 2.05) is 24.3 Å². The second-order valence-corrected chi connectivity index (χ2v) is 12.0. The number of hydrogen-bond donors (Lipinski definition) is 0. The Kier molecular flexibility index (Phi) is 21.9. The summed E-state index contributed by atoms with van der Waals surface area (Å²) in [7, 11) is -0.139. The van der Waals surface area contributed by atoms with E-state index in [0.717, 1.165) is 11.7 Å². The van der Waals surface area contributed by atoms with Crippen LogP contribution in [0.1, 0.15) is 69.3 Å². The van der Waals surface area contributed by atoms with Crippen LogP contribution in [0, 0.1) is 61.5 Å². The molecule has 45 heavy (non-hydrogen) atoms. The van der Waals surface area contributed by atoms with E-state index in [1.54, 1.807) is 0 Å². The van der Waals surface area contributed by atoms with Gasteiger partial charge in [-0.3, -0.25) is 0 Å². The van der Waals surface area contributed by atoms with Gasteiger partial charge in [-0.05, 0) is 97.9 Å². The maximum absolute atomic E-state index is 10.4. The van der Waals surface area contributed by atoms with Crippen LogP contribution in [-0.2, 0) is 14.1 Å². The Morgan fingerprint density at radius 1 is 0.756 bits per heavy atom. The third kappa shape index (κ3) is 14.3. The minimum atomic E-state index is -0.139. The van der Waals surface area contributed by atoms with Gasteiger partial charge in [-0.1, -0.05) is 85.2 Å². The Bertz CT molecular complexity index is 1410. The Labute approximate surface area is 308 Å². The monoisotopic (exact) mass is 744 g/mol. The van der Waals surface area contributed by atoms with Crippen molar-refractivity contribution in [2.75, 3.05) is 13.2 Å². The topological polar surface area (TPSA) is 35.5 Å². The molecule has 0 spiro atoms. The summed E-state index contributed by atoms with van der Waals surface area (Å²) < 4.78 is 12.1. The van der Waals surface area contributed by atoms with E-state index in [-0.39, 0.29) is 47.2 Å². The number of aryl methyl sites for hydroxylation is 5. The van der Waals surface area contributed by atoms with Crippen molar-refractivity contribution in [2.45, 2.75) is 74.7 Å². The molecule has 0 radical (unpaired) electrons. The number of carbonyl (C=O) groups is 1. The van der Waals surface area contributed by atoms with Crippen LogP contribution in [0.4, 0.5) is 0 Å². The van der Waals surface area contributed by atoms with E-state index in [1.165, 1.54) is 54.5 Å². The second kappa shape index (κ2) is 22.7. The van der Waals surface area contributed by atoms with Gasteiger partial charge in [0.1, 0.15) is 6.29 Å². The van der Waals surface area contributed by atoms with Crippen LogP contribution in [0.2, 0.25) is 0 Å². The Morgan fingerprint density at radius 2 is 1.27 bits per heavy atom. The maximum Gasteiger partial charge on any atom is 2.00 e. The quantitative estimate of drug-likeness (QED) is 0.150. The molecule has 7 heteroatoms. The van der Waals surface area contributed by atoms with Gasteiger partial charge < -0.3 is 31.1 Å². The van der Waals surface area contributed by atoms with Gasteiger partial charge in [-0.2, -0.15) is 35.4 Å². The number of aldehydes is 1. The first-order valence-corrected chi connectivity index (χ1v) is 15.7. The Morgan fingerprint density at radius 3 is 1.76 bits per heavy atom. The Balaban J connectivity index is 0.000000576. The van der Waals surface area contributed by atoms with E-state index in [2.05, 4.69) is 133 Å². The van der Waals surface area contributed by atoms with Gasteiger partial charge in [-0.15, -0.1) is 0 Å². The summed E-state index contributed by atoms with van der Waals surface area (Å²) in [6.07, 6.45) is 1.61. The maximum atomic E-state index is 10.4.